The first kappa shape index (κ1) is 27.1. The minimum atomic E-state index is -4.68. The zero-order valence-corrected chi connectivity index (χ0v) is 22.0. The predicted molar refractivity (Wildman–Crippen MR) is 146 cm³/mol. The maximum atomic E-state index is 13.3. The molecular formula is C27H24ClN3O6S. The van der Waals surface area contributed by atoms with Crippen molar-refractivity contribution in [2.75, 3.05) is 11.9 Å². The number of phenolic OH excluding ortho intramolecular Hbond substituents is 1. The van der Waals surface area contributed by atoms with Gasteiger partial charge in [-0.3, -0.25) is 9.35 Å². The van der Waals surface area contributed by atoms with Crippen LogP contribution in [0.2, 0.25) is 5.02 Å². The Balaban J connectivity index is 1.85. The molecule has 4 aromatic carbocycles. The van der Waals surface area contributed by atoms with E-state index in [1.807, 2.05) is 13.8 Å². The molecule has 4 aromatic rings. The van der Waals surface area contributed by atoms with Crippen molar-refractivity contribution >= 4 is 55.5 Å². The number of carbonyl (C=O) groups is 1. The summed E-state index contributed by atoms with van der Waals surface area (Å²) in [7, 11) is -4.68. The summed E-state index contributed by atoms with van der Waals surface area (Å²) in [5, 5.41) is 23.1. The smallest absolute Gasteiger partial charge is 0.296 e. The molecule has 0 saturated carbocycles. The fourth-order valence-electron chi connectivity index (χ4n) is 3.90. The van der Waals surface area contributed by atoms with E-state index in [9.17, 15) is 22.9 Å². The third-order valence-electron chi connectivity index (χ3n) is 5.74. The first-order valence-electron chi connectivity index (χ1n) is 11.6. The van der Waals surface area contributed by atoms with E-state index in [0.717, 1.165) is 0 Å². The third-order valence-corrected chi connectivity index (χ3v) is 7.05. The Labute approximate surface area is 224 Å². The summed E-state index contributed by atoms with van der Waals surface area (Å²) < 4.78 is 39.2. The number of para-hydroxylation sites is 2. The van der Waals surface area contributed by atoms with Gasteiger partial charge in [0.2, 0.25) is 0 Å². The van der Waals surface area contributed by atoms with Crippen LogP contribution in [-0.2, 0) is 16.5 Å². The predicted octanol–water partition coefficient (Wildman–Crippen LogP) is 7.07. The average Bonchev–Trinajstić information content (AvgIpc) is 2.89. The van der Waals surface area contributed by atoms with Crippen LogP contribution in [0.1, 0.15) is 29.8 Å². The average molecular weight is 554 g/mol. The van der Waals surface area contributed by atoms with Crippen LogP contribution in [0.15, 0.2) is 81.9 Å². The second-order valence-electron chi connectivity index (χ2n) is 8.14. The molecule has 0 radical (unpaired) electrons. The number of azo groups is 1. The summed E-state index contributed by atoms with van der Waals surface area (Å²) in [6.45, 7) is 4.04. The molecule has 0 spiro atoms. The topological polar surface area (TPSA) is 138 Å². The number of hydrogen-bond donors (Lipinski definition) is 3. The van der Waals surface area contributed by atoms with Gasteiger partial charge in [0.05, 0.1) is 22.9 Å². The molecule has 3 N–H and O–H groups in total. The Morgan fingerprint density at radius 1 is 1.00 bits per heavy atom. The number of ether oxygens (including phenoxy) is 1. The minimum Gasteiger partial charge on any atom is -0.505 e. The fourth-order valence-corrected chi connectivity index (χ4v) is 4.92. The first-order chi connectivity index (χ1) is 18.2. The number of halogens is 1. The Bertz CT molecular complexity index is 1670. The van der Waals surface area contributed by atoms with Gasteiger partial charge in [0.25, 0.3) is 16.0 Å². The third kappa shape index (κ3) is 5.47. The molecule has 0 aliphatic carbocycles. The molecule has 196 valence electrons. The summed E-state index contributed by atoms with van der Waals surface area (Å²) in [6, 6.07) is 17.9. The Hall–Kier alpha value is -3.99. The van der Waals surface area contributed by atoms with Crippen LogP contribution in [0.4, 0.5) is 17.1 Å². The lowest BCUT2D eigenvalue weighted by molar-refractivity contribution is 0.102. The SMILES string of the molecule is CCOc1ccccc1NC(=O)c1cc2ccccc2c(N=Nc2c(S(=O)(=O)O)ccc(CC)c2Cl)c1O. The molecule has 4 rings (SSSR count). The molecule has 0 aliphatic rings. The maximum absolute atomic E-state index is 13.3. The van der Waals surface area contributed by atoms with Crippen molar-refractivity contribution in [1.82, 2.24) is 0 Å². The van der Waals surface area contributed by atoms with Crippen LogP contribution in [0.25, 0.3) is 10.8 Å². The number of carbonyl (C=O) groups excluding carboxylic acids is 1. The number of anilines is 1. The summed E-state index contributed by atoms with van der Waals surface area (Å²) in [5.74, 6) is -0.636. The number of rotatable bonds is 8. The number of amides is 1. The van der Waals surface area contributed by atoms with Gasteiger partial charge in [-0.1, -0.05) is 61.0 Å². The number of benzene rings is 4. The second kappa shape index (κ2) is 11.2. The standard InChI is InChI=1S/C27H24ClN3O6S/c1-3-16-13-14-22(38(34,35)36)25(23(16)28)31-30-24-18-10-6-5-9-17(18)15-19(26(24)32)27(33)29-20-11-7-8-12-21(20)37-4-2/h5-15,32H,3-4H2,1-2H3,(H,29,33)(H,34,35,36). The van der Waals surface area contributed by atoms with Gasteiger partial charge in [-0.15, -0.1) is 10.2 Å². The molecule has 0 atom stereocenters. The van der Waals surface area contributed by atoms with Crippen molar-refractivity contribution in [3.63, 3.8) is 0 Å². The fraction of sp³-hybridized carbons (Fsp3) is 0.148. The van der Waals surface area contributed by atoms with Crippen molar-refractivity contribution in [2.45, 2.75) is 25.2 Å². The van der Waals surface area contributed by atoms with E-state index in [0.29, 0.717) is 40.8 Å². The molecule has 1 amide bonds. The number of fused-ring (bicyclic) bond motifs is 1. The zero-order valence-electron chi connectivity index (χ0n) is 20.5. The molecule has 0 heterocycles. The van der Waals surface area contributed by atoms with Gasteiger partial charge in [-0.05, 0) is 48.6 Å². The quantitative estimate of drug-likeness (QED) is 0.157. The van der Waals surface area contributed by atoms with Crippen LogP contribution in [0, 0.1) is 0 Å². The minimum absolute atomic E-state index is 0.00315. The van der Waals surface area contributed by atoms with Gasteiger partial charge in [0, 0.05) is 5.39 Å². The van der Waals surface area contributed by atoms with Crippen molar-refractivity contribution < 1.29 is 27.6 Å². The normalized spacial score (nSPS) is 11.7. The van der Waals surface area contributed by atoms with Crippen LogP contribution in [-0.4, -0.2) is 30.6 Å². The number of phenols is 1. The van der Waals surface area contributed by atoms with Crippen molar-refractivity contribution in [3.8, 4) is 11.5 Å². The molecule has 0 aromatic heterocycles. The lowest BCUT2D eigenvalue weighted by atomic mass is 10.0. The molecular weight excluding hydrogens is 530 g/mol. The van der Waals surface area contributed by atoms with E-state index >= 15 is 0 Å². The first-order valence-corrected chi connectivity index (χ1v) is 13.5. The van der Waals surface area contributed by atoms with Gasteiger partial charge < -0.3 is 15.2 Å². The molecule has 9 nitrogen and oxygen atoms in total. The highest BCUT2D eigenvalue weighted by Crippen LogP contribution is 2.42. The van der Waals surface area contributed by atoms with Gasteiger partial charge in [-0.25, -0.2) is 0 Å². The highest BCUT2D eigenvalue weighted by Gasteiger charge is 2.22. The summed E-state index contributed by atoms with van der Waals surface area (Å²) in [5.41, 5.74) is 0.551. The molecule has 0 aliphatic heterocycles. The monoisotopic (exact) mass is 553 g/mol. The van der Waals surface area contributed by atoms with Crippen molar-refractivity contribution in [3.05, 3.63) is 82.9 Å². The van der Waals surface area contributed by atoms with E-state index in [4.69, 9.17) is 16.3 Å². The Kier molecular flexibility index (Phi) is 7.96. The van der Waals surface area contributed by atoms with Crippen LogP contribution < -0.4 is 10.1 Å². The zero-order chi connectivity index (χ0) is 27.4. The van der Waals surface area contributed by atoms with Crippen molar-refractivity contribution in [2.24, 2.45) is 10.2 Å². The molecule has 38 heavy (non-hydrogen) atoms. The molecule has 0 bridgehead atoms. The van der Waals surface area contributed by atoms with Gasteiger partial charge >= 0.3 is 0 Å². The highest BCUT2D eigenvalue weighted by atomic mass is 35.5. The highest BCUT2D eigenvalue weighted by molar-refractivity contribution is 7.86. The summed E-state index contributed by atoms with van der Waals surface area (Å²) in [6.07, 6.45) is 0.472. The number of hydrogen-bond acceptors (Lipinski definition) is 7. The number of aryl methyl sites for hydroxylation is 1. The van der Waals surface area contributed by atoms with Gasteiger partial charge in [-0.2, -0.15) is 8.42 Å². The van der Waals surface area contributed by atoms with Gasteiger partial charge in [0.1, 0.15) is 22.0 Å². The maximum Gasteiger partial charge on any atom is 0.296 e. The van der Waals surface area contributed by atoms with Crippen LogP contribution in [0.3, 0.4) is 0 Å². The van der Waals surface area contributed by atoms with Gasteiger partial charge in [0.15, 0.2) is 5.75 Å². The van der Waals surface area contributed by atoms with Crippen LogP contribution >= 0.6 is 11.6 Å². The lowest BCUT2D eigenvalue weighted by Gasteiger charge is -2.14. The van der Waals surface area contributed by atoms with E-state index < -0.39 is 26.7 Å². The Morgan fingerprint density at radius 3 is 2.39 bits per heavy atom. The van der Waals surface area contributed by atoms with Crippen LogP contribution in [0.5, 0.6) is 11.5 Å². The van der Waals surface area contributed by atoms with E-state index in [-0.39, 0.29) is 22.0 Å². The number of nitrogens with one attached hydrogen (secondary N) is 1. The van der Waals surface area contributed by atoms with E-state index in [1.165, 1.54) is 18.2 Å². The lowest BCUT2D eigenvalue weighted by Crippen LogP contribution is -2.13. The second-order valence-corrected chi connectivity index (χ2v) is 9.91. The molecule has 0 fully saturated rings. The summed E-state index contributed by atoms with van der Waals surface area (Å²) >= 11 is 6.39. The number of aromatic hydroxyl groups is 1. The largest absolute Gasteiger partial charge is 0.505 e. The number of nitrogens with zero attached hydrogens (tertiary/aromatic N) is 2. The van der Waals surface area contributed by atoms with E-state index in [2.05, 4.69) is 15.5 Å². The summed E-state index contributed by atoms with van der Waals surface area (Å²) in [4.78, 5) is 12.7. The molecule has 0 saturated heterocycles. The molecule has 0 unspecified atom stereocenters. The van der Waals surface area contributed by atoms with Crippen molar-refractivity contribution in [1.29, 1.82) is 0 Å². The molecule has 11 heteroatoms. The Morgan fingerprint density at radius 2 is 1.68 bits per heavy atom. The van der Waals surface area contributed by atoms with E-state index in [1.54, 1.807) is 48.5 Å².